The summed E-state index contributed by atoms with van der Waals surface area (Å²) < 4.78 is 18.6. The number of likely N-dealkylation sites (tertiary alicyclic amines) is 1. The van der Waals surface area contributed by atoms with E-state index in [1.807, 2.05) is 4.90 Å². The third-order valence-electron chi connectivity index (χ3n) is 3.90. The van der Waals surface area contributed by atoms with E-state index in [0.29, 0.717) is 24.7 Å². The monoisotopic (exact) mass is 304 g/mol. The molecule has 6 heteroatoms. The Bertz CT molecular complexity index is 654. The Hall–Kier alpha value is -2.21. The Labute approximate surface area is 127 Å². The fraction of sp³-hybridized carbons (Fsp3) is 0.375. The predicted molar refractivity (Wildman–Crippen MR) is 77.5 cm³/mol. The van der Waals surface area contributed by atoms with Crippen LogP contribution in [0, 0.1) is 11.7 Å². The number of aliphatic carboxylic acids is 1. The van der Waals surface area contributed by atoms with Crippen LogP contribution in [-0.4, -0.2) is 34.0 Å². The highest BCUT2D eigenvalue weighted by Crippen LogP contribution is 2.23. The minimum atomic E-state index is -0.746. The van der Waals surface area contributed by atoms with Gasteiger partial charge in [-0.25, -0.2) is 9.37 Å². The first-order chi connectivity index (χ1) is 10.6. The molecule has 1 aromatic heterocycles. The molecule has 1 aliphatic heterocycles. The molecule has 0 unspecified atom stereocenters. The van der Waals surface area contributed by atoms with E-state index in [0.717, 1.165) is 24.9 Å². The molecule has 0 bridgehead atoms. The van der Waals surface area contributed by atoms with E-state index < -0.39 is 5.97 Å². The van der Waals surface area contributed by atoms with E-state index in [2.05, 4.69) is 4.98 Å². The lowest BCUT2D eigenvalue weighted by Crippen LogP contribution is -2.38. The number of hydrogen-bond acceptors (Lipinski definition) is 4. The van der Waals surface area contributed by atoms with E-state index in [1.165, 1.54) is 12.1 Å². The number of carbonyl (C=O) groups is 1. The molecular formula is C16H17FN2O3. The highest BCUT2D eigenvalue weighted by molar-refractivity contribution is 5.70. The van der Waals surface area contributed by atoms with Gasteiger partial charge in [0.25, 0.3) is 0 Å². The van der Waals surface area contributed by atoms with Crippen LogP contribution in [0.5, 0.6) is 0 Å². The van der Waals surface area contributed by atoms with Gasteiger partial charge in [-0.15, -0.1) is 0 Å². The van der Waals surface area contributed by atoms with Gasteiger partial charge in [-0.2, -0.15) is 0 Å². The quantitative estimate of drug-likeness (QED) is 0.941. The van der Waals surface area contributed by atoms with Gasteiger partial charge in [0.1, 0.15) is 5.82 Å². The molecule has 1 aliphatic rings. The molecule has 1 fully saturated rings. The van der Waals surface area contributed by atoms with Crippen LogP contribution in [0.3, 0.4) is 0 Å². The Morgan fingerprint density at radius 3 is 2.91 bits per heavy atom. The molecule has 0 spiro atoms. The third kappa shape index (κ3) is 3.33. The van der Waals surface area contributed by atoms with Gasteiger partial charge in [-0.1, -0.05) is 0 Å². The van der Waals surface area contributed by atoms with Crippen molar-refractivity contribution < 1.29 is 18.7 Å². The van der Waals surface area contributed by atoms with Gasteiger partial charge in [0, 0.05) is 12.1 Å². The highest BCUT2D eigenvalue weighted by atomic mass is 19.1. The third-order valence-corrected chi connectivity index (χ3v) is 3.90. The zero-order chi connectivity index (χ0) is 15.5. The zero-order valence-corrected chi connectivity index (χ0v) is 12.0. The van der Waals surface area contributed by atoms with Crippen LogP contribution in [0.25, 0.3) is 11.3 Å². The number of carboxylic acid groups (broad SMARTS) is 1. The first-order valence-electron chi connectivity index (χ1n) is 7.27. The molecule has 0 saturated carbocycles. The molecule has 5 nitrogen and oxygen atoms in total. The number of benzene rings is 1. The second-order valence-corrected chi connectivity index (χ2v) is 5.54. The molecule has 1 N–H and O–H groups in total. The van der Waals surface area contributed by atoms with Gasteiger partial charge < -0.3 is 9.52 Å². The van der Waals surface area contributed by atoms with Gasteiger partial charge in [-0.3, -0.25) is 9.69 Å². The topological polar surface area (TPSA) is 66.6 Å². The fourth-order valence-electron chi connectivity index (χ4n) is 2.72. The van der Waals surface area contributed by atoms with Crippen LogP contribution in [0.1, 0.15) is 18.7 Å². The van der Waals surface area contributed by atoms with Gasteiger partial charge >= 0.3 is 5.97 Å². The van der Waals surface area contributed by atoms with E-state index in [-0.39, 0.29) is 11.7 Å². The Kier molecular flexibility index (Phi) is 4.20. The normalized spacial score (nSPS) is 19.2. The average molecular weight is 304 g/mol. The molecule has 0 aliphatic carbocycles. The lowest BCUT2D eigenvalue weighted by molar-refractivity contribution is -0.143. The van der Waals surface area contributed by atoms with Gasteiger partial charge in [-0.05, 0) is 43.7 Å². The van der Waals surface area contributed by atoms with E-state index >= 15 is 0 Å². The van der Waals surface area contributed by atoms with Crippen LogP contribution >= 0.6 is 0 Å². The molecule has 1 aromatic carbocycles. The minimum absolute atomic E-state index is 0.295. The molecule has 1 saturated heterocycles. The number of halogens is 1. The molecule has 2 heterocycles. The molecule has 2 aromatic rings. The zero-order valence-electron chi connectivity index (χ0n) is 12.0. The van der Waals surface area contributed by atoms with Crippen molar-refractivity contribution in [2.24, 2.45) is 5.92 Å². The van der Waals surface area contributed by atoms with Crippen LogP contribution in [0.2, 0.25) is 0 Å². The van der Waals surface area contributed by atoms with Gasteiger partial charge in [0.15, 0.2) is 5.76 Å². The maximum Gasteiger partial charge on any atom is 0.307 e. The van der Waals surface area contributed by atoms with Crippen molar-refractivity contribution in [2.75, 3.05) is 13.1 Å². The van der Waals surface area contributed by atoms with Crippen molar-refractivity contribution in [2.45, 2.75) is 19.4 Å². The van der Waals surface area contributed by atoms with E-state index in [9.17, 15) is 9.18 Å². The minimum Gasteiger partial charge on any atom is -0.481 e. The van der Waals surface area contributed by atoms with Crippen molar-refractivity contribution >= 4 is 5.97 Å². The number of aromatic nitrogens is 1. The number of piperidine rings is 1. The molecule has 3 rings (SSSR count). The van der Waals surface area contributed by atoms with Crippen LogP contribution in [-0.2, 0) is 11.3 Å². The second kappa shape index (κ2) is 6.27. The predicted octanol–water partition coefficient (Wildman–Crippen LogP) is 2.78. The van der Waals surface area contributed by atoms with Crippen molar-refractivity contribution in [3.63, 3.8) is 0 Å². The summed E-state index contributed by atoms with van der Waals surface area (Å²) >= 11 is 0. The van der Waals surface area contributed by atoms with Crippen molar-refractivity contribution in [1.82, 2.24) is 9.88 Å². The SMILES string of the molecule is O=C(O)[C@H]1CCCN(Cc2ncc(-c3ccc(F)cc3)o2)C1. The Balaban J connectivity index is 1.66. The average Bonchev–Trinajstić information content (AvgIpc) is 2.96. The maximum atomic E-state index is 12.9. The van der Waals surface area contributed by atoms with E-state index in [1.54, 1.807) is 18.3 Å². The number of carboxylic acids is 1. The summed E-state index contributed by atoms with van der Waals surface area (Å²) in [6.07, 6.45) is 3.20. The summed E-state index contributed by atoms with van der Waals surface area (Å²) in [6, 6.07) is 6.03. The first-order valence-corrected chi connectivity index (χ1v) is 7.27. The Morgan fingerprint density at radius 1 is 1.41 bits per heavy atom. The number of oxazole rings is 1. The Morgan fingerprint density at radius 2 is 2.18 bits per heavy atom. The summed E-state index contributed by atoms with van der Waals surface area (Å²) in [5.74, 6) is -0.229. The second-order valence-electron chi connectivity index (χ2n) is 5.54. The van der Waals surface area contributed by atoms with Gasteiger partial charge in [0.2, 0.25) is 5.89 Å². The van der Waals surface area contributed by atoms with E-state index in [4.69, 9.17) is 9.52 Å². The molecule has 1 atom stereocenters. The van der Waals surface area contributed by atoms with Crippen LogP contribution < -0.4 is 0 Å². The molecule has 0 amide bonds. The fourth-order valence-corrected chi connectivity index (χ4v) is 2.72. The standard InChI is InChI=1S/C16H17FN2O3/c17-13-5-3-11(4-6-13)14-8-18-15(22-14)10-19-7-1-2-12(9-19)16(20)21/h3-6,8,12H,1-2,7,9-10H2,(H,20,21)/t12-/m0/s1. The van der Waals surface area contributed by atoms with Crippen molar-refractivity contribution in [1.29, 1.82) is 0 Å². The molecule has 0 radical (unpaired) electrons. The van der Waals surface area contributed by atoms with Crippen molar-refractivity contribution in [3.05, 3.63) is 42.2 Å². The lowest BCUT2D eigenvalue weighted by Gasteiger charge is -2.29. The van der Waals surface area contributed by atoms with Gasteiger partial charge in [0.05, 0.1) is 18.7 Å². The number of nitrogens with zero attached hydrogens (tertiary/aromatic N) is 2. The number of hydrogen-bond donors (Lipinski definition) is 1. The largest absolute Gasteiger partial charge is 0.481 e. The summed E-state index contributed by atoms with van der Waals surface area (Å²) in [5, 5.41) is 9.10. The lowest BCUT2D eigenvalue weighted by atomic mass is 9.98. The number of rotatable bonds is 4. The molecule has 22 heavy (non-hydrogen) atoms. The van der Waals surface area contributed by atoms with Crippen LogP contribution in [0.15, 0.2) is 34.9 Å². The summed E-state index contributed by atoms with van der Waals surface area (Å²) in [5.41, 5.74) is 0.766. The van der Waals surface area contributed by atoms with Crippen LogP contribution in [0.4, 0.5) is 4.39 Å². The summed E-state index contributed by atoms with van der Waals surface area (Å²) in [6.45, 7) is 1.85. The smallest absolute Gasteiger partial charge is 0.307 e. The highest BCUT2D eigenvalue weighted by Gasteiger charge is 2.26. The van der Waals surface area contributed by atoms with Crippen molar-refractivity contribution in [3.8, 4) is 11.3 Å². The first kappa shape index (κ1) is 14.7. The molecule has 116 valence electrons. The summed E-state index contributed by atoms with van der Waals surface area (Å²) in [4.78, 5) is 17.3. The maximum absolute atomic E-state index is 12.9. The summed E-state index contributed by atoms with van der Waals surface area (Å²) in [7, 11) is 0. The molecular weight excluding hydrogens is 287 g/mol.